The molecular formula is C19H34IN5. The van der Waals surface area contributed by atoms with Crippen LogP contribution in [0.5, 0.6) is 0 Å². The van der Waals surface area contributed by atoms with E-state index in [1.54, 1.807) is 0 Å². The first-order chi connectivity index (χ1) is 11.7. The van der Waals surface area contributed by atoms with Crippen molar-refractivity contribution in [2.45, 2.75) is 71.4 Å². The van der Waals surface area contributed by atoms with Crippen LogP contribution < -0.4 is 10.6 Å². The van der Waals surface area contributed by atoms with E-state index in [2.05, 4.69) is 38.4 Å². The summed E-state index contributed by atoms with van der Waals surface area (Å²) in [4.78, 5) is 4.39. The van der Waals surface area contributed by atoms with Gasteiger partial charge in [0.15, 0.2) is 5.96 Å². The van der Waals surface area contributed by atoms with Crippen LogP contribution in [0.3, 0.4) is 0 Å². The molecule has 142 valence electrons. The standard InChI is InChI=1S/C19H33N5.HI/c1-14-12-15(2)24(23-14)11-7-10-21-19(20-3)22-18-13-17(18)16-8-5-4-6-9-16;/h12,16-18H,4-11,13H2,1-3H3,(H2,20,21,22);1H. The fraction of sp³-hybridized carbons (Fsp3) is 0.789. The molecular weight excluding hydrogens is 425 g/mol. The van der Waals surface area contributed by atoms with Gasteiger partial charge in [-0.05, 0) is 44.6 Å². The molecule has 0 bridgehead atoms. The van der Waals surface area contributed by atoms with Gasteiger partial charge < -0.3 is 10.6 Å². The van der Waals surface area contributed by atoms with Gasteiger partial charge in [0.25, 0.3) is 0 Å². The van der Waals surface area contributed by atoms with Gasteiger partial charge in [-0.2, -0.15) is 5.10 Å². The normalized spacial score (nSPS) is 23.9. The quantitative estimate of drug-likeness (QED) is 0.296. The lowest BCUT2D eigenvalue weighted by Gasteiger charge is -2.22. The number of aromatic nitrogens is 2. The van der Waals surface area contributed by atoms with Crippen molar-refractivity contribution in [3.8, 4) is 0 Å². The lowest BCUT2D eigenvalue weighted by Crippen LogP contribution is -2.40. The van der Waals surface area contributed by atoms with Gasteiger partial charge in [-0.15, -0.1) is 24.0 Å². The van der Waals surface area contributed by atoms with Crippen LogP contribution >= 0.6 is 24.0 Å². The Kier molecular flexibility index (Phi) is 8.03. The second-order valence-electron chi connectivity index (χ2n) is 7.55. The van der Waals surface area contributed by atoms with Crippen LogP contribution in [0.25, 0.3) is 0 Å². The van der Waals surface area contributed by atoms with E-state index < -0.39 is 0 Å². The van der Waals surface area contributed by atoms with Crippen molar-refractivity contribution in [2.75, 3.05) is 13.6 Å². The van der Waals surface area contributed by atoms with Crippen molar-refractivity contribution in [3.05, 3.63) is 17.5 Å². The number of aliphatic imine (C=N–C) groups is 1. The van der Waals surface area contributed by atoms with E-state index in [9.17, 15) is 0 Å². The molecule has 2 atom stereocenters. The van der Waals surface area contributed by atoms with Crippen LogP contribution in [-0.2, 0) is 6.54 Å². The van der Waals surface area contributed by atoms with Crippen molar-refractivity contribution in [1.82, 2.24) is 20.4 Å². The van der Waals surface area contributed by atoms with Crippen LogP contribution in [-0.4, -0.2) is 35.4 Å². The maximum atomic E-state index is 4.51. The number of rotatable bonds is 6. The number of aryl methyl sites for hydroxylation is 3. The topological polar surface area (TPSA) is 54.2 Å². The zero-order valence-corrected chi connectivity index (χ0v) is 18.3. The van der Waals surface area contributed by atoms with E-state index in [1.807, 2.05) is 14.0 Å². The van der Waals surface area contributed by atoms with Gasteiger partial charge in [0.1, 0.15) is 0 Å². The molecule has 0 saturated heterocycles. The average molecular weight is 459 g/mol. The van der Waals surface area contributed by atoms with Crippen molar-refractivity contribution >= 4 is 29.9 Å². The summed E-state index contributed by atoms with van der Waals surface area (Å²) in [5.41, 5.74) is 2.34. The molecule has 2 saturated carbocycles. The fourth-order valence-corrected chi connectivity index (χ4v) is 4.17. The van der Waals surface area contributed by atoms with Crippen LogP contribution in [0, 0.1) is 25.7 Å². The predicted molar refractivity (Wildman–Crippen MR) is 115 cm³/mol. The maximum absolute atomic E-state index is 4.51. The van der Waals surface area contributed by atoms with Crippen LogP contribution in [0.4, 0.5) is 0 Å². The lowest BCUT2D eigenvalue weighted by atomic mass is 9.85. The minimum Gasteiger partial charge on any atom is -0.356 e. The SMILES string of the molecule is CN=C(NCCCn1nc(C)cc1C)NC1CC1C1CCCCC1.I. The van der Waals surface area contributed by atoms with Crippen LogP contribution in [0.1, 0.15) is 56.3 Å². The Hall–Kier alpha value is -0.790. The van der Waals surface area contributed by atoms with Gasteiger partial charge in [-0.25, -0.2) is 0 Å². The second kappa shape index (κ2) is 9.78. The number of nitrogens with zero attached hydrogens (tertiary/aromatic N) is 3. The molecule has 0 amide bonds. The molecule has 1 aromatic rings. The smallest absolute Gasteiger partial charge is 0.191 e. The molecule has 2 unspecified atom stereocenters. The van der Waals surface area contributed by atoms with Gasteiger partial charge >= 0.3 is 0 Å². The summed E-state index contributed by atoms with van der Waals surface area (Å²) in [6.07, 6.45) is 9.59. The molecule has 0 spiro atoms. The van der Waals surface area contributed by atoms with Gasteiger partial charge in [-0.3, -0.25) is 9.67 Å². The third-order valence-corrected chi connectivity index (χ3v) is 5.58. The van der Waals surface area contributed by atoms with E-state index in [1.165, 1.54) is 44.2 Å². The maximum Gasteiger partial charge on any atom is 0.191 e. The van der Waals surface area contributed by atoms with E-state index >= 15 is 0 Å². The molecule has 0 radical (unpaired) electrons. The van der Waals surface area contributed by atoms with Crippen molar-refractivity contribution in [1.29, 1.82) is 0 Å². The summed E-state index contributed by atoms with van der Waals surface area (Å²) >= 11 is 0. The number of hydrogen-bond acceptors (Lipinski definition) is 2. The average Bonchev–Trinajstić information content (AvgIpc) is 3.28. The number of nitrogens with one attached hydrogen (secondary N) is 2. The summed E-state index contributed by atoms with van der Waals surface area (Å²) in [5, 5.41) is 11.6. The number of guanidine groups is 1. The monoisotopic (exact) mass is 459 g/mol. The second-order valence-corrected chi connectivity index (χ2v) is 7.55. The lowest BCUT2D eigenvalue weighted by molar-refractivity contribution is 0.315. The molecule has 2 aliphatic rings. The molecule has 6 heteroatoms. The summed E-state index contributed by atoms with van der Waals surface area (Å²) in [6, 6.07) is 2.78. The van der Waals surface area contributed by atoms with Crippen LogP contribution in [0.15, 0.2) is 11.1 Å². The Morgan fingerprint density at radius 1 is 1.28 bits per heavy atom. The fourth-order valence-electron chi connectivity index (χ4n) is 4.17. The van der Waals surface area contributed by atoms with E-state index in [0.29, 0.717) is 6.04 Å². The highest BCUT2D eigenvalue weighted by molar-refractivity contribution is 14.0. The summed E-state index contributed by atoms with van der Waals surface area (Å²) in [7, 11) is 1.87. The Morgan fingerprint density at radius 3 is 2.68 bits per heavy atom. The zero-order chi connectivity index (χ0) is 16.9. The van der Waals surface area contributed by atoms with Gasteiger partial charge in [0, 0.05) is 31.9 Å². The van der Waals surface area contributed by atoms with E-state index in [0.717, 1.165) is 43.0 Å². The highest BCUT2D eigenvalue weighted by atomic mass is 127. The first kappa shape index (κ1) is 20.5. The van der Waals surface area contributed by atoms with Crippen molar-refractivity contribution < 1.29 is 0 Å². The Balaban J connectivity index is 0.00000225. The molecule has 0 aliphatic heterocycles. The van der Waals surface area contributed by atoms with Gasteiger partial charge in [0.2, 0.25) is 0 Å². The number of hydrogen-bond donors (Lipinski definition) is 2. The third-order valence-electron chi connectivity index (χ3n) is 5.58. The summed E-state index contributed by atoms with van der Waals surface area (Å²) in [6.45, 7) is 6.05. The summed E-state index contributed by atoms with van der Waals surface area (Å²) in [5.74, 6) is 2.81. The van der Waals surface area contributed by atoms with Crippen LogP contribution in [0.2, 0.25) is 0 Å². The van der Waals surface area contributed by atoms with Crippen molar-refractivity contribution in [3.63, 3.8) is 0 Å². The molecule has 25 heavy (non-hydrogen) atoms. The van der Waals surface area contributed by atoms with Gasteiger partial charge in [-0.1, -0.05) is 32.1 Å². The minimum atomic E-state index is 0. The predicted octanol–water partition coefficient (Wildman–Crippen LogP) is 3.64. The zero-order valence-electron chi connectivity index (χ0n) is 15.9. The minimum absolute atomic E-state index is 0. The van der Waals surface area contributed by atoms with E-state index in [4.69, 9.17) is 0 Å². The summed E-state index contributed by atoms with van der Waals surface area (Å²) < 4.78 is 2.09. The Bertz CT molecular complexity index is 562. The largest absolute Gasteiger partial charge is 0.356 e. The molecule has 2 fully saturated rings. The number of halogens is 1. The molecule has 5 nitrogen and oxygen atoms in total. The molecule has 2 aliphatic carbocycles. The van der Waals surface area contributed by atoms with Crippen molar-refractivity contribution in [2.24, 2.45) is 16.8 Å². The van der Waals surface area contributed by atoms with E-state index in [-0.39, 0.29) is 24.0 Å². The molecule has 1 heterocycles. The Morgan fingerprint density at radius 2 is 2.04 bits per heavy atom. The van der Waals surface area contributed by atoms with Gasteiger partial charge in [0.05, 0.1) is 5.69 Å². The molecule has 1 aromatic heterocycles. The first-order valence-electron chi connectivity index (χ1n) is 9.65. The highest BCUT2D eigenvalue weighted by Crippen LogP contribution is 2.44. The molecule has 0 aromatic carbocycles. The molecule has 2 N–H and O–H groups in total. The Labute approximate surface area is 169 Å². The highest BCUT2D eigenvalue weighted by Gasteiger charge is 2.43. The third kappa shape index (κ3) is 5.86. The first-order valence-corrected chi connectivity index (χ1v) is 9.65. The molecule has 3 rings (SSSR count).